The van der Waals surface area contributed by atoms with Crippen molar-refractivity contribution in [3.05, 3.63) is 29.6 Å². The molecule has 1 aromatic rings. The van der Waals surface area contributed by atoms with Crippen molar-refractivity contribution >= 4 is 5.91 Å². The molecule has 0 unspecified atom stereocenters. The highest BCUT2D eigenvalue weighted by Gasteiger charge is 2.54. The van der Waals surface area contributed by atoms with Gasteiger partial charge in [0.25, 0.3) is 5.91 Å². The number of benzene rings is 1. The van der Waals surface area contributed by atoms with Crippen molar-refractivity contribution in [3.63, 3.8) is 0 Å². The predicted octanol–water partition coefficient (Wildman–Crippen LogP) is 2.36. The van der Waals surface area contributed by atoms with Gasteiger partial charge < -0.3 is 14.7 Å². The number of carbonyl (C=O) groups excluding carboxylic acids is 1. The van der Waals surface area contributed by atoms with Crippen LogP contribution in [0, 0.1) is 5.82 Å². The maximum absolute atomic E-state index is 13.8. The smallest absolute Gasteiger partial charge is 0.417 e. The van der Waals surface area contributed by atoms with Crippen molar-refractivity contribution < 1.29 is 32.2 Å². The van der Waals surface area contributed by atoms with Crippen LogP contribution in [0.25, 0.3) is 0 Å². The second-order valence-corrected chi connectivity index (χ2v) is 5.17. The molecule has 0 atom stereocenters. The zero-order valence-electron chi connectivity index (χ0n) is 11.8. The molecule has 0 radical (unpaired) electrons. The number of rotatable bonds is 2. The van der Waals surface area contributed by atoms with E-state index in [9.17, 15) is 27.5 Å². The van der Waals surface area contributed by atoms with Gasteiger partial charge in [-0.05, 0) is 12.1 Å². The van der Waals surface area contributed by atoms with Crippen LogP contribution in [0.15, 0.2) is 18.2 Å². The summed E-state index contributed by atoms with van der Waals surface area (Å²) in [6, 6.07) is 3.65. The minimum absolute atomic E-state index is 0.235. The molecule has 1 aromatic carbocycles. The van der Waals surface area contributed by atoms with Gasteiger partial charge in [0.15, 0.2) is 5.60 Å². The molecule has 2 rings (SSSR count). The lowest BCUT2D eigenvalue weighted by Crippen LogP contribution is -2.54. The molecule has 1 N–H and O–H groups in total. The van der Waals surface area contributed by atoms with Crippen LogP contribution in [0.1, 0.15) is 23.2 Å². The number of halogens is 4. The van der Waals surface area contributed by atoms with Crippen molar-refractivity contribution in [1.82, 2.24) is 4.90 Å². The van der Waals surface area contributed by atoms with Crippen molar-refractivity contribution in [1.29, 1.82) is 0 Å². The second kappa shape index (κ2) is 5.75. The van der Waals surface area contributed by atoms with E-state index in [0.717, 1.165) is 11.0 Å². The summed E-state index contributed by atoms with van der Waals surface area (Å²) in [5, 5.41) is 9.55. The Balaban J connectivity index is 2.10. The first-order valence-electron chi connectivity index (χ1n) is 6.60. The third-order valence-electron chi connectivity index (χ3n) is 3.81. The van der Waals surface area contributed by atoms with E-state index in [0.29, 0.717) is 0 Å². The van der Waals surface area contributed by atoms with E-state index in [-0.39, 0.29) is 24.4 Å². The quantitative estimate of drug-likeness (QED) is 0.851. The highest BCUT2D eigenvalue weighted by Crippen LogP contribution is 2.38. The topological polar surface area (TPSA) is 49.8 Å². The SMILES string of the molecule is COc1ccc(C(=O)N2CCC(O)(C(F)(F)F)CC2)c(F)c1. The summed E-state index contributed by atoms with van der Waals surface area (Å²) >= 11 is 0. The van der Waals surface area contributed by atoms with Crippen LogP contribution in [-0.4, -0.2) is 47.9 Å². The average molecular weight is 321 g/mol. The summed E-state index contributed by atoms with van der Waals surface area (Å²) in [5.74, 6) is -1.27. The van der Waals surface area contributed by atoms with Crippen molar-refractivity contribution in [3.8, 4) is 5.75 Å². The van der Waals surface area contributed by atoms with Gasteiger partial charge >= 0.3 is 6.18 Å². The number of ether oxygens (including phenoxy) is 1. The molecule has 1 heterocycles. The lowest BCUT2D eigenvalue weighted by molar-refractivity contribution is -0.271. The van der Waals surface area contributed by atoms with Crippen LogP contribution >= 0.6 is 0 Å². The average Bonchev–Trinajstić information content (AvgIpc) is 2.46. The first-order chi connectivity index (χ1) is 10.2. The van der Waals surface area contributed by atoms with E-state index in [1.54, 1.807) is 0 Å². The second-order valence-electron chi connectivity index (χ2n) is 5.17. The number of carbonyl (C=O) groups is 1. The molecule has 122 valence electrons. The Morgan fingerprint density at radius 3 is 2.36 bits per heavy atom. The molecule has 4 nitrogen and oxygen atoms in total. The third-order valence-corrected chi connectivity index (χ3v) is 3.81. The van der Waals surface area contributed by atoms with E-state index < -0.39 is 36.3 Å². The van der Waals surface area contributed by atoms with Crippen molar-refractivity contribution in [2.45, 2.75) is 24.6 Å². The zero-order valence-corrected chi connectivity index (χ0v) is 11.8. The fourth-order valence-electron chi connectivity index (χ4n) is 2.33. The number of hydrogen-bond donors (Lipinski definition) is 1. The molecule has 1 fully saturated rings. The van der Waals surface area contributed by atoms with Crippen molar-refractivity contribution in [2.75, 3.05) is 20.2 Å². The number of hydrogen-bond acceptors (Lipinski definition) is 3. The molecule has 0 aromatic heterocycles. The summed E-state index contributed by atoms with van der Waals surface area (Å²) in [7, 11) is 1.35. The van der Waals surface area contributed by atoms with Crippen LogP contribution in [0.3, 0.4) is 0 Å². The van der Waals surface area contributed by atoms with Gasteiger partial charge in [0.05, 0.1) is 12.7 Å². The minimum Gasteiger partial charge on any atom is -0.497 e. The molecule has 1 aliphatic heterocycles. The number of nitrogens with zero attached hydrogens (tertiary/aromatic N) is 1. The molecule has 1 saturated heterocycles. The number of alkyl halides is 3. The van der Waals surface area contributed by atoms with Crippen LogP contribution in [-0.2, 0) is 0 Å². The maximum Gasteiger partial charge on any atom is 0.417 e. The van der Waals surface area contributed by atoms with E-state index in [2.05, 4.69) is 0 Å². The molecule has 0 bridgehead atoms. The number of piperidine rings is 1. The van der Waals surface area contributed by atoms with E-state index >= 15 is 0 Å². The van der Waals surface area contributed by atoms with Crippen LogP contribution in [0.5, 0.6) is 5.75 Å². The fourth-order valence-corrected chi connectivity index (χ4v) is 2.33. The molecule has 1 amide bonds. The normalized spacial score (nSPS) is 18.2. The van der Waals surface area contributed by atoms with Crippen LogP contribution < -0.4 is 4.74 Å². The number of amides is 1. The monoisotopic (exact) mass is 321 g/mol. The van der Waals surface area contributed by atoms with Crippen LogP contribution in [0.4, 0.5) is 17.6 Å². The summed E-state index contributed by atoms with van der Waals surface area (Å²) < 4.78 is 56.7. The third kappa shape index (κ3) is 3.01. The predicted molar refractivity (Wildman–Crippen MR) is 69.1 cm³/mol. The van der Waals surface area contributed by atoms with Gasteiger partial charge in [0, 0.05) is 32.0 Å². The first kappa shape index (κ1) is 16.5. The Labute approximate surface area is 124 Å². The Kier molecular flexibility index (Phi) is 4.32. The van der Waals surface area contributed by atoms with Gasteiger partial charge in [-0.3, -0.25) is 4.79 Å². The van der Waals surface area contributed by atoms with Gasteiger partial charge in [0.2, 0.25) is 0 Å². The Morgan fingerprint density at radius 2 is 1.91 bits per heavy atom. The molecule has 0 saturated carbocycles. The largest absolute Gasteiger partial charge is 0.497 e. The molecule has 8 heteroatoms. The lowest BCUT2D eigenvalue weighted by Gasteiger charge is -2.39. The minimum atomic E-state index is -4.74. The van der Waals surface area contributed by atoms with Crippen molar-refractivity contribution in [2.24, 2.45) is 0 Å². The number of likely N-dealkylation sites (tertiary alicyclic amines) is 1. The molecule has 22 heavy (non-hydrogen) atoms. The summed E-state index contributed by atoms with van der Waals surface area (Å²) in [4.78, 5) is 13.3. The molecule has 0 aliphatic carbocycles. The molecule has 1 aliphatic rings. The summed E-state index contributed by atoms with van der Waals surface area (Å²) in [5.41, 5.74) is -3.03. The molecular weight excluding hydrogens is 306 g/mol. The maximum atomic E-state index is 13.8. The van der Waals surface area contributed by atoms with E-state index in [1.165, 1.54) is 19.2 Å². The first-order valence-corrected chi connectivity index (χ1v) is 6.60. The highest BCUT2D eigenvalue weighted by atomic mass is 19.4. The van der Waals surface area contributed by atoms with E-state index in [4.69, 9.17) is 4.74 Å². The fraction of sp³-hybridized carbons (Fsp3) is 0.500. The molecular formula is C14H15F4NO3. The van der Waals surface area contributed by atoms with E-state index in [1.807, 2.05) is 0 Å². The van der Waals surface area contributed by atoms with Crippen LogP contribution in [0.2, 0.25) is 0 Å². The highest BCUT2D eigenvalue weighted by molar-refractivity contribution is 5.94. The zero-order chi connectivity index (χ0) is 16.5. The Bertz CT molecular complexity index is 566. The van der Waals surface area contributed by atoms with Gasteiger partial charge in [-0.15, -0.1) is 0 Å². The number of methoxy groups -OCH3 is 1. The van der Waals surface area contributed by atoms with Gasteiger partial charge in [0.1, 0.15) is 11.6 Å². The summed E-state index contributed by atoms with van der Waals surface area (Å²) in [6.45, 7) is -0.583. The lowest BCUT2D eigenvalue weighted by atomic mass is 9.90. The number of aliphatic hydroxyl groups is 1. The van der Waals surface area contributed by atoms with Gasteiger partial charge in [-0.1, -0.05) is 0 Å². The standard InChI is InChI=1S/C14H15F4NO3/c1-22-9-2-3-10(11(15)8-9)12(20)19-6-4-13(21,5-7-19)14(16,17)18/h2-3,8,21H,4-7H2,1H3. The Hall–Kier alpha value is -1.83. The van der Waals surface area contributed by atoms with Gasteiger partial charge in [-0.25, -0.2) is 4.39 Å². The summed E-state index contributed by atoms with van der Waals surface area (Å²) in [6.07, 6.45) is -5.99. The molecule has 0 spiro atoms. The van der Waals surface area contributed by atoms with Gasteiger partial charge in [-0.2, -0.15) is 13.2 Å². The Morgan fingerprint density at radius 1 is 1.32 bits per heavy atom.